The molecule has 1 amide bonds. The van der Waals surface area contributed by atoms with E-state index >= 15 is 0 Å². The highest BCUT2D eigenvalue weighted by Gasteiger charge is 2.13. The van der Waals surface area contributed by atoms with Crippen molar-refractivity contribution in [2.24, 2.45) is 0 Å². The molecule has 10 heteroatoms. The summed E-state index contributed by atoms with van der Waals surface area (Å²) in [5, 5.41) is 16.4. The first-order chi connectivity index (χ1) is 15.5. The molecule has 0 aliphatic carbocycles. The molecule has 1 N–H and O–H groups in total. The molecule has 164 valence electrons. The number of nitrogens with one attached hydrogen (secondary N) is 1. The first kappa shape index (κ1) is 21.9. The van der Waals surface area contributed by atoms with Gasteiger partial charge in [-0.15, -0.1) is 15.3 Å². The van der Waals surface area contributed by atoms with Gasteiger partial charge in [0.1, 0.15) is 12.4 Å². The van der Waals surface area contributed by atoms with E-state index in [2.05, 4.69) is 20.6 Å². The Labute approximate surface area is 194 Å². The Morgan fingerprint density at radius 1 is 1.03 bits per heavy atom. The Kier molecular flexibility index (Phi) is 6.72. The number of rotatable bonds is 8. The summed E-state index contributed by atoms with van der Waals surface area (Å²) in [7, 11) is 0. The molecule has 0 spiro atoms. The molecule has 2 aromatic carbocycles. The Morgan fingerprint density at radius 2 is 1.88 bits per heavy atom. The van der Waals surface area contributed by atoms with E-state index in [1.54, 1.807) is 34.8 Å². The van der Waals surface area contributed by atoms with Gasteiger partial charge in [0.05, 0.1) is 16.6 Å². The first-order valence-corrected chi connectivity index (χ1v) is 10.5. The lowest BCUT2D eigenvalue weighted by molar-refractivity contribution is -0.123. The van der Waals surface area contributed by atoms with Crippen molar-refractivity contribution < 1.29 is 14.3 Å². The van der Waals surface area contributed by atoms with Crippen LogP contribution in [0, 0.1) is 6.92 Å². The SMILES string of the molecule is Cc1ccc(Cl)c(OCC(=O)NCCOc2ccc3nnc(-c4ccccc4Cl)n3n2)c1. The summed E-state index contributed by atoms with van der Waals surface area (Å²) < 4.78 is 12.7. The molecule has 2 aromatic heterocycles. The van der Waals surface area contributed by atoms with E-state index < -0.39 is 0 Å². The topological polar surface area (TPSA) is 90.6 Å². The summed E-state index contributed by atoms with van der Waals surface area (Å²) in [5.74, 6) is 1.06. The number of carbonyl (C=O) groups is 1. The van der Waals surface area contributed by atoms with E-state index in [9.17, 15) is 4.79 Å². The molecular formula is C22H19Cl2N5O3. The van der Waals surface area contributed by atoms with Gasteiger partial charge in [-0.3, -0.25) is 4.79 Å². The molecule has 4 aromatic rings. The van der Waals surface area contributed by atoms with E-state index in [4.69, 9.17) is 32.7 Å². The second-order valence-corrected chi connectivity index (χ2v) is 7.68. The van der Waals surface area contributed by atoms with Crippen molar-refractivity contribution in [3.8, 4) is 23.0 Å². The number of benzene rings is 2. The van der Waals surface area contributed by atoms with Crippen LogP contribution in [0.5, 0.6) is 11.6 Å². The summed E-state index contributed by atoms with van der Waals surface area (Å²) in [6.07, 6.45) is 0. The minimum atomic E-state index is -0.283. The number of hydrogen-bond acceptors (Lipinski definition) is 6. The smallest absolute Gasteiger partial charge is 0.258 e. The summed E-state index contributed by atoms with van der Waals surface area (Å²) in [6, 6.07) is 16.1. The lowest BCUT2D eigenvalue weighted by atomic mass is 10.2. The molecule has 0 aliphatic rings. The molecule has 0 unspecified atom stereocenters. The van der Waals surface area contributed by atoms with Crippen LogP contribution in [0.4, 0.5) is 0 Å². The van der Waals surface area contributed by atoms with Gasteiger partial charge < -0.3 is 14.8 Å². The molecule has 2 heterocycles. The quantitative estimate of drug-likeness (QED) is 0.390. The maximum absolute atomic E-state index is 12.0. The average molecular weight is 472 g/mol. The van der Waals surface area contributed by atoms with Gasteiger partial charge >= 0.3 is 0 Å². The lowest BCUT2D eigenvalue weighted by Crippen LogP contribution is -2.32. The second-order valence-electron chi connectivity index (χ2n) is 6.87. The zero-order chi connectivity index (χ0) is 22.5. The van der Waals surface area contributed by atoms with Crippen LogP contribution >= 0.6 is 23.2 Å². The van der Waals surface area contributed by atoms with Crippen LogP contribution in [0.2, 0.25) is 10.0 Å². The van der Waals surface area contributed by atoms with Gasteiger partial charge in [0.2, 0.25) is 5.88 Å². The zero-order valence-corrected chi connectivity index (χ0v) is 18.6. The monoisotopic (exact) mass is 471 g/mol. The van der Waals surface area contributed by atoms with Crippen molar-refractivity contribution >= 4 is 34.8 Å². The van der Waals surface area contributed by atoms with Crippen molar-refractivity contribution in [1.82, 2.24) is 25.1 Å². The number of halogens is 2. The van der Waals surface area contributed by atoms with E-state index in [1.807, 2.05) is 31.2 Å². The standard InChI is InChI=1S/C22H19Cl2N5O3/c1-14-6-7-17(24)18(12-14)32-13-20(30)25-10-11-31-21-9-8-19-26-27-22(29(19)28-21)15-4-2-3-5-16(15)23/h2-9,12H,10-11,13H2,1H3,(H,25,30). The predicted octanol–water partition coefficient (Wildman–Crippen LogP) is 3.98. The minimum absolute atomic E-state index is 0.144. The molecule has 0 saturated heterocycles. The second kappa shape index (κ2) is 9.84. The van der Waals surface area contributed by atoms with Crippen LogP contribution < -0.4 is 14.8 Å². The predicted molar refractivity (Wildman–Crippen MR) is 121 cm³/mol. The zero-order valence-electron chi connectivity index (χ0n) is 17.1. The molecule has 0 atom stereocenters. The maximum atomic E-state index is 12.0. The Balaban J connectivity index is 1.31. The Morgan fingerprint density at radius 3 is 2.72 bits per heavy atom. The van der Waals surface area contributed by atoms with Gasteiger partial charge in [-0.05, 0) is 42.8 Å². The summed E-state index contributed by atoms with van der Waals surface area (Å²) in [6.45, 7) is 2.28. The van der Waals surface area contributed by atoms with Crippen LogP contribution in [0.3, 0.4) is 0 Å². The Hall–Kier alpha value is -3.36. The van der Waals surface area contributed by atoms with Crippen LogP contribution in [0.15, 0.2) is 54.6 Å². The number of carbonyl (C=O) groups excluding carboxylic acids is 1. The van der Waals surface area contributed by atoms with Crippen molar-refractivity contribution in [3.05, 3.63) is 70.2 Å². The van der Waals surface area contributed by atoms with E-state index in [-0.39, 0.29) is 25.7 Å². The fraction of sp³-hybridized carbons (Fsp3) is 0.182. The fourth-order valence-corrected chi connectivity index (χ4v) is 3.31. The van der Waals surface area contributed by atoms with E-state index in [0.717, 1.165) is 5.56 Å². The minimum Gasteiger partial charge on any atom is -0.482 e. The molecule has 0 saturated carbocycles. The fourth-order valence-electron chi connectivity index (χ4n) is 2.92. The summed E-state index contributed by atoms with van der Waals surface area (Å²) in [5.41, 5.74) is 2.27. The summed E-state index contributed by atoms with van der Waals surface area (Å²) in [4.78, 5) is 12.0. The number of aryl methyl sites for hydroxylation is 1. The third kappa shape index (κ3) is 5.09. The Bertz CT molecular complexity index is 1260. The van der Waals surface area contributed by atoms with Gasteiger partial charge in [0.25, 0.3) is 5.91 Å². The van der Waals surface area contributed by atoms with Crippen LogP contribution in [0.1, 0.15) is 5.56 Å². The molecule has 4 rings (SSSR count). The molecule has 0 bridgehead atoms. The van der Waals surface area contributed by atoms with Gasteiger partial charge in [-0.2, -0.15) is 4.52 Å². The van der Waals surface area contributed by atoms with Crippen molar-refractivity contribution in [2.45, 2.75) is 6.92 Å². The van der Waals surface area contributed by atoms with E-state index in [1.165, 1.54) is 0 Å². The van der Waals surface area contributed by atoms with E-state index in [0.29, 0.717) is 38.7 Å². The van der Waals surface area contributed by atoms with Crippen LogP contribution in [-0.4, -0.2) is 45.5 Å². The average Bonchev–Trinajstić information content (AvgIpc) is 3.21. The molecule has 0 fully saturated rings. The highest BCUT2D eigenvalue weighted by Crippen LogP contribution is 2.26. The molecule has 0 aliphatic heterocycles. The lowest BCUT2D eigenvalue weighted by Gasteiger charge is -2.10. The number of hydrogen-bond donors (Lipinski definition) is 1. The number of ether oxygens (including phenoxy) is 2. The van der Waals surface area contributed by atoms with Crippen LogP contribution in [-0.2, 0) is 4.79 Å². The van der Waals surface area contributed by atoms with Gasteiger partial charge in [-0.1, -0.05) is 41.4 Å². The van der Waals surface area contributed by atoms with Gasteiger partial charge in [-0.25, -0.2) is 0 Å². The summed E-state index contributed by atoms with van der Waals surface area (Å²) >= 11 is 12.3. The van der Waals surface area contributed by atoms with Crippen molar-refractivity contribution in [3.63, 3.8) is 0 Å². The molecule has 32 heavy (non-hydrogen) atoms. The molecular weight excluding hydrogens is 453 g/mol. The largest absolute Gasteiger partial charge is 0.482 e. The number of nitrogens with zero attached hydrogens (tertiary/aromatic N) is 4. The number of amides is 1. The van der Waals surface area contributed by atoms with Gasteiger partial charge in [0, 0.05) is 11.6 Å². The highest BCUT2D eigenvalue weighted by atomic mass is 35.5. The van der Waals surface area contributed by atoms with Crippen LogP contribution in [0.25, 0.3) is 17.0 Å². The highest BCUT2D eigenvalue weighted by molar-refractivity contribution is 6.33. The maximum Gasteiger partial charge on any atom is 0.258 e. The molecule has 0 radical (unpaired) electrons. The molecule has 8 nitrogen and oxygen atoms in total. The number of aromatic nitrogens is 4. The normalized spacial score (nSPS) is 10.8. The van der Waals surface area contributed by atoms with Crippen molar-refractivity contribution in [1.29, 1.82) is 0 Å². The third-order valence-corrected chi connectivity index (χ3v) is 5.11. The first-order valence-electron chi connectivity index (χ1n) is 9.77. The third-order valence-electron chi connectivity index (χ3n) is 4.47. The van der Waals surface area contributed by atoms with Crippen molar-refractivity contribution in [2.75, 3.05) is 19.8 Å². The number of fused-ring (bicyclic) bond motifs is 1. The van der Waals surface area contributed by atoms with Gasteiger partial charge in [0.15, 0.2) is 18.1 Å².